The first-order chi connectivity index (χ1) is 14.8. The van der Waals surface area contributed by atoms with Gasteiger partial charge < -0.3 is 14.8 Å². The zero-order valence-corrected chi connectivity index (χ0v) is 19.0. The van der Waals surface area contributed by atoms with Crippen molar-refractivity contribution in [1.82, 2.24) is 10.0 Å². The van der Waals surface area contributed by atoms with E-state index in [9.17, 15) is 18.0 Å². The maximum absolute atomic E-state index is 12.6. The molecule has 1 fully saturated rings. The molecule has 3 rings (SSSR count). The van der Waals surface area contributed by atoms with E-state index >= 15 is 0 Å². The summed E-state index contributed by atoms with van der Waals surface area (Å²) >= 11 is 7.64. The second kappa shape index (κ2) is 11.1. The van der Waals surface area contributed by atoms with Crippen molar-refractivity contribution in [2.24, 2.45) is 0 Å². The number of thiophene rings is 1. The minimum Gasteiger partial charge on any atom is -0.452 e. The van der Waals surface area contributed by atoms with Crippen molar-refractivity contribution in [2.75, 3.05) is 26.3 Å². The van der Waals surface area contributed by atoms with Gasteiger partial charge in [-0.1, -0.05) is 17.7 Å². The Kier molecular flexibility index (Phi) is 8.44. The molecule has 2 aromatic rings. The standard InChI is InChI=1S/C20H23ClN2O6S2/c21-17-6-5-14(11-18(17)31(26,27)23-12-15-3-1-9-28-15)20(25)29-13-19(24)22-8-7-16-4-2-10-30-16/h2,4-6,10-11,15,23H,1,3,7-9,12-13H2,(H,22,24). The van der Waals surface area contributed by atoms with Crippen LogP contribution in [-0.2, 0) is 30.7 Å². The van der Waals surface area contributed by atoms with Gasteiger partial charge in [-0.25, -0.2) is 17.9 Å². The summed E-state index contributed by atoms with van der Waals surface area (Å²) in [5.74, 6) is -1.26. The Morgan fingerprint density at radius 2 is 2.13 bits per heavy atom. The van der Waals surface area contributed by atoms with E-state index in [2.05, 4.69) is 10.0 Å². The monoisotopic (exact) mass is 486 g/mol. The van der Waals surface area contributed by atoms with Crippen LogP contribution in [0.25, 0.3) is 0 Å². The molecule has 1 aromatic heterocycles. The van der Waals surface area contributed by atoms with E-state index in [0.29, 0.717) is 19.6 Å². The zero-order chi connectivity index (χ0) is 22.3. The number of ether oxygens (including phenoxy) is 2. The van der Waals surface area contributed by atoms with Gasteiger partial charge in [0, 0.05) is 24.6 Å². The van der Waals surface area contributed by atoms with Gasteiger partial charge in [0.05, 0.1) is 16.7 Å². The number of amides is 1. The highest BCUT2D eigenvalue weighted by Crippen LogP contribution is 2.23. The van der Waals surface area contributed by atoms with Crippen LogP contribution in [0.2, 0.25) is 5.02 Å². The topological polar surface area (TPSA) is 111 Å². The highest BCUT2D eigenvalue weighted by atomic mass is 35.5. The molecule has 8 nitrogen and oxygen atoms in total. The molecule has 168 valence electrons. The van der Waals surface area contributed by atoms with Crippen molar-refractivity contribution in [3.63, 3.8) is 0 Å². The number of nitrogens with one attached hydrogen (secondary N) is 2. The molecule has 0 aliphatic carbocycles. The van der Waals surface area contributed by atoms with E-state index in [0.717, 1.165) is 23.8 Å². The Hall–Kier alpha value is -1.98. The van der Waals surface area contributed by atoms with Crippen LogP contribution in [0.5, 0.6) is 0 Å². The molecule has 1 atom stereocenters. The fourth-order valence-electron chi connectivity index (χ4n) is 2.97. The first kappa shape index (κ1) is 23.7. The van der Waals surface area contributed by atoms with E-state index in [1.165, 1.54) is 12.1 Å². The van der Waals surface area contributed by atoms with Gasteiger partial charge in [-0.05, 0) is 48.9 Å². The van der Waals surface area contributed by atoms with Crippen LogP contribution in [0.4, 0.5) is 0 Å². The molecule has 0 spiro atoms. The largest absolute Gasteiger partial charge is 0.452 e. The molecular formula is C20H23ClN2O6S2. The van der Waals surface area contributed by atoms with E-state index in [1.54, 1.807) is 11.3 Å². The lowest BCUT2D eigenvalue weighted by molar-refractivity contribution is -0.124. The molecule has 0 radical (unpaired) electrons. The molecule has 1 amide bonds. The Morgan fingerprint density at radius 1 is 1.29 bits per heavy atom. The maximum atomic E-state index is 12.6. The normalized spacial score (nSPS) is 16.2. The number of benzene rings is 1. The minimum atomic E-state index is -3.95. The average molecular weight is 487 g/mol. The molecule has 0 saturated carbocycles. The number of halogens is 1. The molecule has 1 unspecified atom stereocenters. The molecule has 1 aromatic carbocycles. The Morgan fingerprint density at radius 3 is 2.84 bits per heavy atom. The zero-order valence-electron chi connectivity index (χ0n) is 16.6. The number of hydrogen-bond donors (Lipinski definition) is 2. The number of rotatable bonds is 10. The Labute approximate surface area is 189 Å². The smallest absolute Gasteiger partial charge is 0.338 e. The minimum absolute atomic E-state index is 0.0201. The second-order valence-electron chi connectivity index (χ2n) is 6.89. The number of esters is 1. The fourth-order valence-corrected chi connectivity index (χ4v) is 5.27. The van der Waals surface area contributed by atoms with Crippen LogP contribution in [0, 0.1) is 0 Å². The molecule has 11 heteroatoms. The Balaban J connectivity index is 1.53. The highest BCUT2D eigenvalue weighted by Gasteiger charge is 2.24. The summed E-state index contributed by atoms with van der Waals surface area (Å²) in [5, 5.41) is 4.60. The predicted octanol–water partition coefficient (Wildman–Crippen LogP) is 2.37. The van der Waals surface area contributed by atoms with Crippen LogP contribution in [0.1, 0.15) is 28.1 Å². The number of carbonyl (C=O) groups excluding carboxylic acids is 2. The fraction of sp³-hybridized carbons (Fsp3) is 0.400. The number of carbonyl (C=O) groups is 2. The van der Waals surface area contributed by atoms with Crippen molar-refractivity contribution in [1.29, 1.82) is 0 Å². The van der Waals surface area contributed by atoms with Gasteiger partial charge in [-0.3, -0.25) is 4.79 Å². The number of hydrogen-bond acceptors (Lipinski definition) is 7. The predicted molar refractivity (Wildman–Crippen MR) is 117 cm³/mol. The molecule has 2 heterocycles. The quantitative estimate of drug-likeness (QED) is 0.499. The molecule has 31 heavy (non-hydrogen) atoms. The summed E-state index contributed by atoms with van der Waals surface area (Å²) in [4.78, 5) is 25.1. The lowest BCUT2D eigenvalue weighted by Crippen LogP contribution is -2.32. The lowest BCUT2D eigenvalue weighted by atomic mass is 10.2. The summed E-state index contributed by atoms with van der Waals surface area (Å²) in [5.41, 5.74) is -0.0201. The van der Waals surface area contributed by atoms with Gasteiger partial charge >= 0.3 is 5.97 Å². The summed E-state index contributed by atoms with van der Waals surface area (Å²) in [6.07, 6.45) is 2.17. The SMILES string of the molecule is O=C(COC(=O)c1ccc(Cl)c(S(=O)(=O)NCC2CCCO2)c1)NCCc1cccs1. The summed E-state index contributed by atoms with van der Waals surface area (Å²) in [6, 6.07) is 7.69. The molecule has 2 N–H and O–H groups in total. The maximum Gasteiger partial charge on any atom is 0.338 e. The van der Waals surface area contributed by atoms with E-state index < -0.39 is 28.5 Å². The van der Waals surface area contributed by atoms with Crippen molar-refractivity contribution in [3.8, 4) is 0 Å². The average Bonchev–Trinajstić information content (AvgIpc) is 3.45. The van der Waals surface area contributed by atoms with Crippen LogP contribution >= 0.6 is 22.9 Å². The lowest BCUT2D eigenvalue weighted by Gasteiger charge is -2.13. The third kappa shape index (κ3) is 7.01. The van der Waals surface area contributed by atoms with E-state index in [1.807, 2.05) is 17.5 Å². The summed E-state index contributed by atoms with van der Waals surface area (Å²) in [7, 11) is -3.95. The van der Waals surface area contributed by atoms with Gasteiger partial charge in [-0.15, -0.1) is 11.3 Å². The van der Waals surface area contributed by atoms with Crippen molar-refractivity contribution in [3.05, 3.63) is 51.2 Å². The van der Waals surface area contributed by atoms with Crippen LogP contribution in [-0.4, -0.2) is 52.7 Å². The first-order valence-corrected chi connectivity index (χ1v) is 12.5. The van der Waals surface area contributed by atoms with Crippen molar-refractivity contribution in [2.45, 2.75) is 30.3 Å². The number of sulfonamides is 1. The molecule has 1 saturated heterocycles. The van der Waals surface area contributed by atoms with Crippen molar-refractivity contribution >= 4 is 44.8 Å². The van der Waals surface area contributed by atoms with Crippen LogP contribution in [0.3, 0.4) is 0 Å². The third-order valence-corrected chi connectivity index (χ3v) is 7.43. The van der Waals surface area contributed by atoms with E-state index in [4.69, 9.17) is 21.1 Å². The summed E-state index contributed by atoms with van der Waals surface area (Å²) < 4.78 is 38.1. The van der Waals surface area contributed by atoms with Gasteiger partial charge in [0.1, 0.15) is 4.90 Å². The summed E-state index contributed by atoms with van der Waals surface area (Å²) in [6.45, 7) is 0.691. The second-order valence-corrected chi connectivity index (χ2v) is 10.1. The van der Waals surface area contributed by atoms with Crippen molar-refractivity contribution < 1.29 is 27.5 Å². The third-order valence-electron chi connectivity index (χ3n) is 4.59. The van der Waals surface area contributed by atoms with Crippen LogP contribution in [0.15, 0.2) is 40.6 Å². The van der Waals surface area contributed by atoms with Gasteiger partial charge in [0.25, 0.3) is 5.91 Å². The first-order valence-electron chi connectivity index (χ1n) is 9.72. The van der Waals surface area contributed by atoms with E-state index in [-0.39, 0.29) is 28.1 Å². The molecule has 1 aliphatic rings. The highest BCUT2D eigenvalue weighted by molar-refractivity contribution is 7.89. The van der Waals surface area contributed by atoms with Gasteiger partial charge in [0.15, 0.2) is 6.61 Å². The molecule has 0 bridgehead atoms. The van der Waals surface area contributed by atoms with Gasteiger partial charge in [-0.2, -0.15) is 0 Å². The Bertz CT molecular complexity index is 1000. The van der Waals surface area contributed by atoms with Crippen LogP contribution < -0.4 is 10.0 Å². The van der Waals surface area contributed by atoms with Gasteiger partial charge in [0.2, 0.25) is 10.0 Å². The molecular weight excluding hydrogens is 464 g/mol. The molecule has 1 aliphatic heterocycles.